The lowest BCUT2D eigenvalue weighted by molar-refractivity contribution is -0.161. The van der Waals surface area contributed by atoms with Gasteiger partial charge in [0.25, 0.3) is 5.91 Å². The summed E-state index contributed by atoms with van der Waals surface area (Å²) in [5.41, 5.74) is 1.94. The van der Waals surface area contributed by atoms with E-state index in [4.69, 9.17) is 10.6 Å². The number of hydrazine groups is 1. The normalized spacial score (nSPS) is 9.44. The van der Waals surface area contributed by atoms with E-state index in [1.54, 1.807) is 19.1 Å². The van der Waals surface area contributed by atoms with Gasteiger partial charge >= 0.3 is 11.9 Å². The molecule has 1 amide bonds. The highest BCUT2D eigenvalue weighted by Gasteiger charge is 2.20. The molecule has 0 saturated carbocycles. The van der Waals surface area contributed by atoms with Crippen molar-refractivity contribution in [1.82, 2.24) is 5.43 Å². The van der Waals surface area contributed by atoms with E-state index in [1.807, 2.05) is 5.43 Å². The Kier molecular flexibility index (Phi) is 4.82. The number of rotatable bonds is 3. The number of ether oxygens (including phenoxy) is 2. The van der Waals surface area contributed by atoms with E-state index in [0.29, 0.717) is 0 Å². The van der Waals surface area contributed by atoms with Crippen molar-refractivity contribution < 1.29 is 23.9 Å². The summed E-state index contributed by atoms with van der Waals surface area (Å²) in [6.07, 6.45) is 0. The Morgan fingerprint density at radius 2 is 1.89 bits per heavy atom. The predicted octanol–water partition coefficient (Wildman–Crippen LogP) is -0.241. The molecule has 0 spiro atoms. The van der Waals surface area contributed by atoms with Crippen molar-refractivity contribution in [2.45, 2.75) is 6.92 Å². The van der Waals surface area contributed by atoms with Crippen molar-refractivity contribution >= 4 is 17.8 Å². The van der Waals surface area contributed by atoms with Crippen LogP contribution in [0.25, 0.3) is 0 Å². The summed E-state index contributed by atoms with van der Waals surface area (Å²) < 4.78 is 9.22. The van der Waals surface area contributed by atoms with Crippen LogP contribution in [0.5, 0.6) is 5.75 Å². The number of hydrogen-bond donors (Lipinski definition) is 2. The molecule has 0 aliphatic carbocycles. The Bertz CT molecular complexity index is 472. The number of nitrogen functional groups attached to an aromatic ring is 1. The van der Waals surface area contributed by atoms with E-state index in [1.165, 1.54) is 12.1 Å². The standard InChI is InChI=1S/C11H12N2O5/c1-2-17-10(15)11(16)18-8-6-4-3-5-7(8)9(14)13-12/h3-6H,2,12H2,1H3,(H,13,14). The van der Waals surface area contributed by atoms with Gasteiger partial charge in [0.15, 0.2) is 0 Å². The molecule has 0 heterocycles. The van der Waals surface area contributed by atoms with Gasteiger partial charge in [-0.15, -0.1) is 0 Å². The third kappa shape index (κ3) is 3.29. The lowest BCUT2D eigenvalue weighted by atomic mass is 10.2. The maximum Gasteiger partial charge on any atom is 0.422 e. The van der Waals surface area contributed by atoms with Crippen LogP contribution in [0.2, 0.25) is 0 Å². The summed E-state index contributed by atoms with van der Waals surface area (Å²) in [4.78, 5) is 33.7. The van der Waals surface area contributed by atoms with Gasteiger partial charge < -0.3 is 9.47 Å². The summed E-state index contributed by atoms with van der Waals surface area (Å²) >= 11 is 0. The predicted molar refractivity (Wildman–Crippen MR) is 60.4 cm³/mol. The van der Waals surface area contributed by atoms with Crippen molar-refractivity contribution in [2.75, 3.05) is 6.61 Å². The fourth-order valence-electron chi connectivity index (χ4n) is 1.15. The Morgan fingerprint density at radius 1 is 1.22 bits per heavy atom. The second kappa shape index (κ2) is 6.36. The Balaban J connectivity index is 2.88. The Hall–Kier alpha value is -2.41. The molecular formula is C11H12N2O5. The first-order valence-corrected chi connectivity index (χ1v) is 5.09. The molecule has 0 fully saturated rings. The first-order chi connectivity index (χ1) is 8.60. The van der Waals surface area contributed by atoms with E-state index >= 15 is 0 Å². The SMILES string of the molecule is CCOC(=O)C(=O)Oc1ccccc1C(=O)NN. The molecular weight excluding hydrogens is 240 g/mol. The van der Waals surface area contributed by atoms with Crippen LogP contribution < -0.4 is 16.0 Å². The number of benzene rings is 1. The van der Waals surface area contributed by atoms with Gasteiger partial charge in [0.1, 0.15) is 5.75 Å². The molecule has 18 heavy (non-hydrogen) atoms. The van der Waals surface area contributed by atoms with Gasteiger partial charge in [-0.25, -0.2) is 15.4 Å². The maximum absolute atomic E-state index is 11.4. The third-order valence-electron chi connectivity index (χ3n) is 1.91. The monoisotopic (exact) mass is 252 g/mol. The largest absolute Gasteiger partial charge is 0.458 e. The van der Waals surface area contributed by atoms with Crippen LogP contribution in [0, 0.1) is 0 Å². The number of nitrogens with one attached hydrogen (secondary N) is 1. The fourth-order valence-corrected chi connectivity index (χ4v) is 1.15. The smallest absolute Gasteiger partial charge is 0.422 e. The highest BCUT2D eigenvalue weighted by molar-refractivity contribution is 6.30. The molecule has 0 atom stereocenters. The van der Waals surface area contributed by atoms with Gasteiger partial charge in [-0.3, -0.25) is 10.2 Å². The van der Waals surface area contributed by atoms with Gasteiger partial charge in [-0.1, -0.05) is 12.1 Å². The zero-order chi connectivity index (χ0) is 13.5. The minimum atomic E-state index is -1.20. The number of hydrogen-bond acceptors (Lipinski definition) is 6. The molecule has 0 aliphatic rings. The first kappa shape index (κ1) is 13.7. The van der Waals surface area contributed by atoms with Gasteiger partial charge in [0, 0.05) is 0 Å². The molecule has 7 heteroatoms. The molecule has 0 aromatic heterocycles. The van der Waals surface area contributed by atoms with Crippen molar-refractivity contribution in [3.63, 3.8) is 0 Å². The zero-order valence-electron chi connectivity index (χ0n) is 9.64. The molecule has 96 valence electrons. The quantitative estimate of drug-likeness (QED) is 0.192. The van der Waals surface area contributed by atoms with Crippen LogP contribution >= 0.6 is 0 Å². The lowest BCUT2D eigenvalue weighted by Crippen LogP contribution is -2.31. The summed E-state index contributed by atoms with van der Waals surface area (Å²) in [7, 11) is 0. The summed E-state index contributed by atoms with van der Waals surface area (Å²) in [6, 6.07) is 5.87. The van der Waals surface area contributed by atoms with Gasteiger partial charge in [0.2, 0.25) is 0 Å². The molecule has 3 N–H and O–H groups in total. The van der Waals surface area contributed by atoms with Crippen molar-refractivity contribution in [1.29, 1.82) is 0 Å². The van der Waals surface area contributed by atoms with E-state index in [0.717, 1.165) is 0 Å². The molecule has 0 bridgehead atoms. The van der Waals surface area contributed by atoms with Crippen molar-refractivity contribution in [2.24, 2.45) is 5.84 Å². The summed E-state index contributed by atoms with van der Waals surface area (Å²) in [5, 5.41) is 0. The van der Waals surface area contributed by atoms with Crippen LogP contribution in [0.15, 0.2) is 24.3 Å². The molecule has 0 radical (unpaired) electrons. The van der Waals surface area contributed by atoms with E-state index in [2.05, 4.69) is 4.74 Å². The molecule has 1 rings (SSSR count). The van der Waals surface area contributed by atoms with Crippen LogP contribution in [0.1, 0.15) is 17.3 Å². The van der Waals surface area contributed by atoms with Crippen molar-refractivity contribution in [3.05, 3.63) is 29.8 Å². The number of carbonyl (C=O) groups excluding carboxylic acids is 3. The second-order valence-corrected chi connectivity index (χ2v) is 3.08. The Labute approximate surface area is 103 Å². The number of carbonyl (C=O) groups is 3. The summed E-state index contributed by atoms with van der Waals surface area (Å²) in [6.45, 7) is 1.61. The number of esters is 2. The maximum atomic E-state index is 11.4. The molecule has 0 aliphatic heterocycles. The number of para-hydroxylation sites is 1. The van der Waals surface area contributed by atoms with Crippen LogP contribution in [0.3, 0.4) is 0 Å². The Morgan fingerprint density at radius 3 is 2.50 bits per heavy atom. The number of amides is 1. The van der Waals surface area contributed by atoms with E-state index in [9.17, 15) is 14.4 Å². The lowest BCUT2D eigenvalue weighted by Gasteiger charge is -2.07. The average molecular weight is 252 g/mol. The first-order valence-electron chi connectivity index (χ1n) is 5.09. The van der Waals surface area contributed by atoms with Crippen LogP contribution in [-0.2, 0) is 14.3 Å². The molecule has 0 unspecified atom stereocenters. The van der Waals surface area contributed by atoms with Crippen LogP contribution in [0.4, 0.5) is 0 Å². The third-order valence-corrected chi connectivity index (χ3v) is 1.91. The van der Waals surface area contributed by atoms with Gasteiger partial charge in [0.05, 0.1) is 12.2 Å². The van der Waals surface area contributed by atoms with Gasteiger partial charge in [-0.2, -0.15) is 0 Å². The van der Waals surface area contributed by atoms with Crippen molar-refractivity contribution in [3.8, 4) is 5.75 Å². The summed E-state index contributed by atoms with van der Waals surface area (Å²) in [5.74, 6) is 1.95. The molecule has 7 nitrogen and oxygen atoms in total. The zero-order valence-corrected chi connectivity index (χ0v) is 9.64. The minimum Gasteiger partial charge on any atom is -0.458 e. The van der Waals surface area contributed by atoms with Gasteiger partial charge in [-0.05, 0) is 19.1 Å². The topological polar surface area (TPSA) is 108 Å². The minimum absolute atomic E-state index is 0.0395. The van der Waals surface area contributed by atoms with E-state index in [-0.39, 0.29) is 17.9 Å². The molecule has 1 aromatic rings. The average Bonchev–Trinajstić information content (AvgIpc) is 2.38. The fraction of sp³-hybridized carbons (Fsp3) is 0.182. The number of nitrogens with two attached hydrogens (primary N) is 1. The molecule has 0 saturated heterocycles. The molecule has 1 aromatic carbocycles. The second-order valence-electron chi connectivity index (χ2n) is 3.08. The van der Waals surface area contributed by atoms with Crippen LogP contribution in [-0.4, -0.2) is 24.5 Å². The highest BCUT2D eigenvalue weighted by atomic mass is 16.6. The van der Waals surface area contributed by atoms with E-state index < -0.39 is 17.8 Å². The highest BCUT2D eigenvalue weighted by Crippen LogP contribution is 2.17.